The summed E-state index contributed by atoms with van der Waals surface area (Å²) in [5.41, 5.74) is 4.35. The molecule has 0 amide bonds. The van der Waals surface area contributed by atoms with E-state index >= 15 is 0 Å². The van der Waals surface area contributed by atoms with Gasteiger partial charge in [0.15, 0.2) is 0 Å². The van der Waals surface area contributed by atoms with Crippen molar-refractivity contribution in [1.82, 2.24) is 0 Å². The highest BCUT2D eigenvalue weighted by atomic mass is 32.2. The van der Waals surface area contributed by atoms with E-state index in [0.717, 1.165) is 22.3 Å². The van der Waals surface area contributed by atoms with Crippen molar-refractivity contribution < 1.29 is 8.42 Å². The van der Waals surface area contributed by atoms with Gasteiger partial charge in [0.25, 0.3) is 0 Å². The van der Waals surface area contributed by atoms with Gasteiger partial charge in [0, 0.05) is 11.1 Å². The number of hydrogen-bond acceptors (Lipinski definition) is 3. The van der Waals surface area contributed by atoms with Gasteiger partial charge >= 0.3 is 0 Å². The van der Waals surface area contributed by atoms with Gasteiger partial charge in [-0.25, -0.2) is 13.6 Å². The number of nitrogens with two attached hydrogens (primary N) is 1. The molecular formula is C16H13NO2S2. The van der Waals surface area contributed by atoms with Crippen molar-refractivity contribution in [2.45, 2.75) is 4.90 Å². The van der Waals surface area contributed by atoms with Crippen molar-refractivity contribution >= 4 is 21.4 Å². The first-order valence-electron chi connectivity index (χ1n) is 6.30. The first-order valence-corrected chi connectivity index (χ1v) is 8.79. The molecule has 0 radical (unpaired) electrons. The number of hydrogen-bond donors (Lipinski definition) is 1. The summed E-state index contributed by atoms with van der Waals surface area (Å²) in [7, 11) is -3.65. The normalized spacial score (nSPS) is 11.5. The van der Waals surface area contributed by atoms with Crippen LogP contribution < -0.4 is 5.14 Å². The fraction of sp³-hybridized carbons (Fsp3) is 0. The molecule has 5 heteroatoms. The largest absolute Gasteiger partial charge is 0.238 e. The topological polar surface area (TPSA) is 60.2 Å². The maximum Gasteiger partial charge on any atom is 0.238 e. The first kappa shape index (κ1) is 14.0. The van der Waals surface area contributed by atoms with Gasteiger partial charge < -0.3 is 0 Å². The van der Waals surface area contributed by atoms with Crippen molar-refractivity contribution in [3.63, 3.8) is 0 Å². The second kappa shape index (κ2) is 5.44. The molecule has 106 valence electrons. The van der Waals surface area contributed by atoms with Crippen LogP contribution in [0, 0.1) is 0 Å². The Labute approximate surface area is 127 Å². The minimum Gasteiger partial charge on any atom is -0.225 e. The van der Waals surface area contributed by atoms with Crippen LogP contribution in [0.3, 0.4) is 0 Å². The molecule has 0 spiro atoms. The highest BCUT2D eigenvalue weighted by Gasteiger charge is 2.11. The molecule has 0 aliphatic heterocycles. The summed E-state index contributed by atoms with van der Waals surface area (Å²) < 4.78 is 22.6. The lowest BCUT2D eigenvalue weighted by Crippen LogP contribution is -2.11. The third-order valence-corrected chi connectivity index (χ3v) is 4.91. The molecule has 3 aromatic rings. The SMILES string of the molecule is NS(=O)(=O)c1ccc(-c2cscc2-c2ccccc2)cc1. The Morgan fingerprint density at radius 1 is 0.762 bits per heavy atom. The highest BCUT2D eigenvalue weighted by molar-refractivity contribution is 7.89. The molecular weight excluding hydrogens is 302 g/mol. The van der Waals surface area contributed by atoms with Gasteiger partial charge in [-0.1, -0.05) is 42.5 Å². The van der Waals surface area contributed by atoms with Crippen molar-refractivity contribution in [3.8, 4) is 22.3 Å². The minimum absolute atomic E-state index is 0.128. The van der Waals surface area contributed by atoms with Gasteiger partial charge in [-0.2, -0.15) is 11.3 Å². The Morgan fingerprint density at radius 2 is 1.29 bits per heavy atom. The van der Waals surface area contributed by atoms with E-state index in [4.69, 9.17) is 5.14 Å². The molecule has 21 heavy (non-hydrogen) atoms. The van der Waals surface area contributed by atoms with Crippen LogP contribution in [-0.4, -0.2) is 8.42 Å². The Morgan fingerprint density at radius 3 is 1.81 bits per heavy atom. The number of sulfonamides is 1. The van der Waals surface area contributed by atoms with Gasteiger partial charge in [-0.3, -0.25) is 0 Å². The summed E-state index contributed by atoms with van der Waals surface area (Å²) in [6.45, 7) is 0. The highest BCUT2D eigenvalue weighted by Crippen LogP contribution is 2.35. The molecule has 0 fully saturated rings. The van der Waals surface area contributed by atoms with Crippen molar-refractivity contribution in [2.75, 3.05) is 0 Å². The third-order valence-electron chi connectivity index (χ3n) is 3.24. The number of rotatable bonds is 3. The summed E-state index contributed by atoms with van der Waals surface area (Å²) in [6.07, 6.45) is 0. The monoisotopic (exact) mass is 315 g/mol. The third kappa shape index (κ3) is 2.90. The zero-order chi connectivity index (χ0) is 14.9. The van der Waals surface area contributed by atoms with Gasteiger partial charge in [0.05, 0.1) is 4.90 Å². The van der Waals surface area contributed by atoms with Crippen LogP contribution in [-0.2, 0) is 10.0 Å². The Kier molecular flexibility index (Phi) is 3.63. The molecule has 3 rings (SSSR count). The summed E-state index contributed by atoms with van der Waals surface area (Å²) in [5.74, 6) is 0. The molecule has 0 aliphatic rings. The maximum absolute atomic E-state index is 11.3. The van der Waals surface area contributed by atoms with Crippen LogP contribution in [0.2, 0.25) is 0 Å². The van der Waals surface area contributed by atoms with E-state index in [2.05, 4.69) is 22.9 Å². The van der Waals surface area contributed by atoms with Crippen LogP contribution in [0.15, 0.2) is 70.3 Å². The summed E-state index contributed by atoms with van der Waals surface area (Å²) in [6, 6.07) is 16.8. The van der Waals surface area contributed by atoms with E-state index in [0.29, 0.717) is 0 Å². The standard InChI is InChI=1S/C16H13NO2S2/c17-21(18,19)14-8-6-13(7-9-14)16-11-20-10-15(16)12-4-2-1-3-5-12/h1-11H,(H2,17,18,19). The molecule has 3 nitrogen and oxygen atoms in total. The van der Waals surface area contributed by atoms with E-state index < -0.39 is 10.0 Å². The molecule has 0 saturated carbocycles. The second-order valence-corrected chi connectivity index (χ2v) is 6.94. The molecule has 2 aromatic carbocycles. The molecule has 0 bridgehead atoms. The Balaban J connectivity index is 2.05. The fourth-order valence-electron chi connectivity index (χ4n) is 2.19. The van der Waals surface area contributed by atoms with Crippen LogP contribution in [0.4, 0.5) is 0 Å². The van der Waals surface area contributed by atoms with Gasteiger partial charge in [0.2, 0.25) is 10.0 Å². The number of benzene rings is 2. The van der Waals surface area contributed by atoms with E-state index in [1.54, 1.807) is 23.5 Å². The molecule has 0 saturated heterocycles. The summed E-state index contributed by atoms with van der Waals surface area (Å²) in [4.78, 5) is 0.128. The molecule has 0 atom stereocenters. The smallest absolute Gasteiger partial charge is 0.225 e. The number of primary sulfonamides is 1. The van der Waals surface area contributed by atoms with E-state index in [9.17, 15) is 8.42 Å². The van der Waals surface area contributed by atoms with E-state index in [1.807, 2.05) is 18.2 Å². The summed E-state index contributed by atoms with van der Waals surface area (Å²) in [5, 5.41) is 9.28. The lowest BCUT2D eigenvalue weighted by Gasteiger charge is -2.06. The lowest BCUT2D eigenvalue weighted by molar-refractivity contribution is 0.598. The molecule has 1 aromatic heterocycles. The van der Waals surface area contributed by atoms with Crippen molar-refractivity contribution in [2.24, 2.45) is 5.14 Å². The minimum atomic E-state index is -3.65. The van der Waals surface area contributed by atoms with Crippen LogP contribution in [0.25, 0.3) is 22.3 Å². The zero-order valence-electron chi connectivity index (χ0n) is 11.1. The second-order valence-electron chi connectivity index (χ2n) is 4.63. The quantitative estimate of drug-likeness (QED) is 0.800. The molecule has 0 unspecified atom stereocenters. The predicted molar refractivity (Wildman–Crippen MR) is 86.6 cm³/mol. The van der Waals surface area contributed by atoms with Gasteiger partial charge in [-0.05, 0) is 34.0 Å². The van der Waals surface area contributed by atoms with E-state index in [-0.39, 0.29) is 4.90 Å². The lowest BCUT2D eigenvalue weighted by atomic mass is 9.99. The zero-order valence-corrected chi connectivity index (χ0v) is 12.7. The van der Waals surface area contributed by atoms with Crippen LogP contribution in [0.5, 0.6) is 0 Å². The molecule has 0 aliphatic carbocycles. The Hall–Kier alpha value is -1.95. The Bertz CT molecular complexity index is 851. The molecule has 2 N–H and O–H groups in total. The predicted octanol–water partition coefficient (Wildman–Crippen LogP) is 3.73. The number of thiophene rings is 1. The average Bonchev–Trinajstić information content (AvgIpc) is 2.97. The fourth-order valence-corrected chi connectivity index (χ4v) is 3.57. The average molecular weight is 315 g/mol. The van der Waals surface area contributed by atoms with Gasteiger partial charge in [0.1, 0.15) is 0 Å². The van der Waals surface area contributed by atoms with Gasteiger partial charge in [-0.15, -0.1) is 0 Å². The van der Waals surface area contributed by atoms with Crippen LogP contribution in [0.1, 0.15) is 0 Å². The van der Waals surface area contributed by atoms with Crippen LogP contribution >= 0.6 is 11.3 Å². The van der Waals surface area contributed by atoms with Crippen molar-refractivity contribution in [1.29, 1.82) is 0 Å². The van der Waals surface area contributed by atoms with E-state index in [1.165, 1.54) is 12.1 Å². The summed E-state index contributed by atoms with van der Waals surface area (Å²) >= 11 is 1.62. The first-order chi connectivity index (χ1) is 10.1. The maximum atomic E-state index is 11.3. The van der Waals surface area contributed by atoms with Crippen molar-refractivity contribution in [3.05, 3.63) is 65.4 Å². The molecule has 1 heterocycles.